The van der Waals surface area contributed by atoms with E-state index in [1.165, 1.54) is 0 Å². The highest BCUT2D eigenvalue weighted by atomic mass is 35.5. The Bertz CT molecular complexity index is 611. The molecule has 0 saturated heterocycles. The number of benzene rings is 1. The van der Waals surface area contributed by atoms with E-state index in [1.54, 1.807) is 19.2 Å². The first-order valence-electron chi connectivity index (χ1n) is 6.38. The second kappa shape index (κ2) is 6.39. The fourth-order valence-electron chi connectivity index (χ4n) is 1.67. The molecule has 0 atom stereocenters. The van der Waals surface area contributed by atoms with Gasteiger partial charge in [0.25, 0.3) is 0 Å². The number of aromatic nitrogens is 1. The van der Waals surface area contributed by atoms with Gasteiger partial charge in [-0.3, -0.25) is 4.79 Å². The summed E-state index contributed by atoms with van der Waals surface area (Å²) in [7, 11) is 0. The Morgan fingerprint density at radius 2 is 2.10 bits per heavy atom. The van der Waals surface area contributed by atoms with E-state index in [-0.39, 0.29) is 5.91 Å². The Hall–Kier alpha value is -2.07. The zero-order valence-electron chi connectivity index (χ0n) is 11.4. The minimum Gasteiger partial charge on any atom is -0.354 e. The van der Waals surface area contributed by atoms with Gasteiger partial charge in [-0.05, 0) is 36.8 Å². The van der Waals surface area contributed by atoms with Crippen molar-refractivity contribution in [3.63, 3.8) is 0 Å². The van der Waals surface area contributed by atoms with Crippen molar-refractivity contribution in [3.05, 3.63) is 47.1 Å². The highest BCUT2D eigenvalue weighted by Gasteiger charge is 2.04. The Morgan fingerprint density at radius 1 is 1.30 bits per heavy atom. The fourth-order valence-corrected chi connectivity index (χ4v) is 1.85. The summed E-state index contributed by atoms with van der Waals surface area (Å²) in [6.07, 6.45) is 2.11. The molecule has 1 aromatic carbocycles. The predicted molar refractivity (Wildman–Crippen MR) is 82.6 cm³/mol. The van der Waals surface area contributed by atoms with Crippen LogP contribution >= 0.6 is 11.6 Å². The zero-order chi connectivity index (χ0) is 14.5. The van der Waals surface area contributed by atoms with E-state index in [9.17, 15) is 4.79 Å². The molecule has 0 unspecified atom stereocenters. The van der Waals surface area contributed by atoms with Gasteiger partial charge in [-0.15, -0.1) is 0 Å². The number of halogens is 1. The number of nitrogens with zero attached hydrogens (tertiary/aromatic N) is 1. The molecule has 0 aliphatic rings. The van der Waals surface area contributed by atoms with E-state index in [1.807, 2.05) is 31.2 Å². The molecule has 0 fully saturated rings. The van der Waals surface area contributed by atoms with Crippen LogP contribution in [0.1, 0.15) is 18.9 Å². The van der Waals surface area contributed by atoms with Crippen molar-refractivity contribution in [1.82, 2.24) is 4.98 Å². The first kappa shape index (κ1) is 14.3. The van der Waals surface area contributed by atoms with Crippen LogP contribution in [-0.2, 0) is 4.79 Å². The second-order valence-electron chi connectivity index (χ2n) is 4.37. The lowest BCUT2D eigenvalue weighted by atomic mass is 10.2. The average molecular weight is 290 g/mol. The van der Waals surface area contributed by atoms with Crippen LogP contribution in [0, 0.1) is 6.92 Å². The van der Waals surface area contributed by atoms with Gasteiger partial charge < -0.3 is 10.6 Å². The standard InChI is InChI=1S/C15H16ClN3O/c1-3-15(20)19-14-8-7-11(9-17-14)18-13-6-4-5-12(16)10(13)2/h4-9,18H,3H2,1-2H3,(H,17,19,20). The van der Waals surface area contributed by atoms with Gasteiger partial charge >= 0.3 is 0 Å². The third-order valence-electron chi connectivity index (χ3n) is 2.90. The topological polar surface area (TPSA) is 54.0 Å². The minimum absolute atomic E-state index is 0.0519. The number of hydrogen-bond donors (Lipinski definition) is 2. The molecular formula is C15H16ClN3O. The van der Waals surface area contributed by atoms with Crippen LogP contribution < -0.4 is 10.6 Å². The van der Waals surface area contributed by atoms with E-state index in [4.69, 9.17) is 11.6 Å². The lowest BCUT2D eigenvalue weighted by Gasteiger charge is -2.11. The minimum atomic E-state index is -0.0519. The molecule has 0 spiro atoms. The zero-order valence-corrected chi connectivity index (χ0v) is 12.2. The molecule has 1 amide bonds. The molecule has 104 valence electrons. The van der Waals surface area contributed by atoms with Gasteiger partial charge in [-0.1, -0.05) is 24.6 Å². The number of pyridine rings is 1. The molecule has 4 nitrogen and oxygen atoms in total. The third kappa shape index (κ3) is 3.48. The Labute approximate surface area is 123 Å². The molecule has 20 heavy (non-hydrogen) atoms. The Balaban J connectivity index is 2.11. The summed E-state index contributed by atoms with van der Waals surface area (Å²) >= 11 is 6.08. The molecule has 1 aromatic heterocycles. The highest BCUT2D eigenvalue weighted by molar-refractivity contribution is 6.31. The van der Waals surface area contributed by atoms with E-state index < -0.39 is 0 Å². The van der Waals surface area contributed by atoms with Crippen LogP contribution in [-0.4, -0.2) is 10.9 Å². The van der Waals surface area contributed by atoms with Crippen molar-refractivity contribution >= 4 is 34.7 Å². The maximum atomic E-state index is 11.3. The number of carbonyl (C=O) groups is 1. The highest BCUT2D eigenvalue weighted by Crippen LogP contribution is 2.26. The van der Waals surface area contributed by atoms with Crippen LogP contribution in [0.5, 0.6) is 0 Å². The number of anilines is 3. The fraction of sp³-hybridized carbons (Fsp3) is 0.200. The molecule has 0 aliphatic carbocycles. The van der Waals surface area contributed by atoms with Gasteiger partial charge in [-0.2, -0.15) is 0 Å². The van der Waals surface area contributed by atoms with Gasteiger partial charge in [-0.25, -0.2) is 4.98 Å². The Morgan fingerprint density at radius 3 is 2.75 bits per heavy atom. The lowest BCUT2D eigenvalue weighted by molar-refractivity contribution is -0.115. The molecule has 5 heteroatoms. The maximum absolute atomic E-state index is 11.3. The summed E-state index contributed by atoms with van der Waals surface area (Å²) < 4.78 is 0. The van der Waals surface area contributed by atoms with Crippen molar-refractivity contribution in [2.24, 2.45) is 0 Å². The first-order valence-corrected chi connectivity index (χ1v) is 6.76. The molecular weight excluding hydrogens is 274 g/mol. The number of carbonyl (C=O) groups excluding carboxylic acids is 1. The van der Waals surface area contributed by atoms with Gasteiger partial charge in [0, 0.05) is 17.1 Å². The molecule has 0 radical (unpaired) electrons. The van der Waals surface area contributed by atoms with Crippen molar-refractivity contribution in [2.75, 3.05) is 10.6 Å². The summed E-state index contributed by atoms with van der Waals surface area (Å²) in [5, 5.41) is 6.67. The smallest absolute Gasteiger partial charge is 0.225 e. The predicted octanol–water partition coefficient (Wildman–Crippen LogP) is 4.14. The van der Waals surface area contributed by atoms with Gasteiger partial charge in [0.1, 0.15) is 5.82 Å². The largest absolute Gasteiger partial charge is 0.354 e. The molecule has 2 N–H and O–H groups in total. The van der Waals surface area contributed by atoms with Gasteiger partial charge in [0.15, 0.2) is 0 Å². The average Bonchev–Trinajstić information content (AvgIpc) is 2.46. The molecule has 2 aromatic rings. The van der Waals surface area contributed by atoms with Crippen LogP contribution in [0.25, 0.3) is 0 Å². The number of amides is 1. The molecule has 2 rings (SSSR count). The normalized spacial score (nSPS) is 10.2. The van der Waals surface area contributed by atoms with Gasteiger partial charge in [0.2, 0.25) is 5.91 Å². The molecule has 0 bridgehead atoms. The summed E-state index contributed by atoms with van der Waals surface area (Å²) in [5.41, 5.74) is 2.76. The number of hydrogen-bond acceptors (Lipinski definition) is 3. The van der Waals surface area contributed by atoms with Crippen LogP contribution in [0.4, 0.5) is 17.2 Å². The summed E-state index contributed by atoms with van der Waals surface area (Å²) in [5.74, 6) is 0.495. The first-order chi connectivity index (χ1) is 9.60. The van der Waals surface area contributed by atoms with Gasteiger partial charge in [0.05, 0.1) is 11.9 Å². The molecule has 1 heterocycles. The molecule has 0 aliphatic heterocycles. The Kier molecular flexibility index (Phi) is 4.58. The number of rotatable bonds is 4. The van der Waals surface area contributed by atoms with E-state index in [0.29, 0.717) is 12.2 Å². The van der Waals surface area contributed by atoms with E-state index in [0.717, 1.165) is 22.0 Å². The summed E-state index contributed by atoms with van der Waals surface area (Å²) in [6, 6.07) is 9.31. The maximum Gasteiger partial charge on any atom is 0.225 e. The van der Waals surface area contributed by atoms with Crippen LogP contribution in [0.3, 0.4) is 0 Å². The van der Waals surface area contributed by atoms with Crippen LogP contribution in [0.2, 0.25) is 5.02 Å². The second-order valence-corrected chi connectivity index (χ2v) is 4.78. The van der Waals surface area contributed by atoms with Crippen molar-refractivity contribution in [2.45, 2.75) is 20.3 Å². The SMILES string of the molecule is CCC(=O)Nc1ccc(Nc2cccc(Cl)c2C)cn1. The lowest BCUT2D eigenvalue weighted by Crippen LogP contribution is -2.10. The van der Waals surface area contributed by atoms with Crippen molar-refractivity contribution < 1.29 is 4.79 Å². The third-order valence-corrected chi connectivity index (χ3v) is 3.31. The van der Waals surface area contributed by atoms with Crippen molar-refractivity contribution in [1.29, 1.82) is 0 Å². The molecule has 0 saturated carbocycles. The van der Waals surface area contributed by atoms with Crippen molar-refractivity contribution in [3.8, 4) is 0 Å². The number of nitrogens with one attached hydrogen (secondary N) is 2. The summed E-state index contributed by atoms with van der Waals surface area (Å²) in [4.78, 5) is 15.4. The van der Waals surface area contributed by atoms with E-state index in [2.05, 4.69) is 15.6 Å². The van der Waals surface area contributed by atoms with E-state index >= 15 is 0 Å². The summed E-state index contributed by atoms with van der Waals surface area (Å²) in [6.45, 7) is 3.75. The van der Waals surface area contributed by atoms with Crippen LogP contribution in [0.15, 0.2) is 36.5 Å². The quantitative estimate of drug-likeness (QED) is 0.889. The monoisotopic (exact) mass is 289 g/mol.